The van der Waals surface area contributed by atoms with E-state index in [9.17, 15) is 4.79 Å². The Morgan fingerprint density at radius 1 is 0.896 bits per heavy atom. The third-order valence-corrected chi connectivity index (χ3v) is 9.21. The number of nitrogens with zero attached hydrogens (tertiary/aromatic N) is 5. The number of carbonyl (C=O) groups is 1. The Balaban J connectivity index is 1.11. The Hall–Kier alpha value is -4.86. The topological polar surface area (TPSA) is 98.4 Å². The number of ether oxygens (including phenoxy) is 1. The Morgan fingerprint density at radius 2 is 1.62 bits per heavy atom. The van der Waals surface area contributed by atoms with Gasteiger partial charge in [-0.1, -0.05) is 92.0 Å². The van der Waals surface area contributed by atoms with Crippen LogP contribution in [0.15, 0.2) is 91.1 Å². The number of hydrogen-bond acceptors (Lipinski definition) is 5. The fraction of sp³-hybridized carbons (Fsp3) is 0.243. The molecule has 0 saturated carbocycles. The quantitative estimate of drug-likeness (QED) is 0.183. The van der Waals surface area contributed by atoms with Crippen molar-refractivity contribution < 1.29 is 9.53 Å². The van der Waals surface area contributed by atoms with Gasteiger partial charge in [-0.2, -0.15) is 5.10 Å². The largest absolute Gasteiger partial charge is 0.484 e. The highest BCUT2D eigenvalue weighted by atomic mass is 35.5. The number of hydrogen-bond donors (Lipinski definition) is 2. The number of aryl methyl sites for hydroxylation is 1. The first-order chi connectivity index (χ1) is 23.0. The molecular weight excluding hydrogens is 645 g/mol. The number of nitrogens with one attached hydrogen (secondary N) is 2. The molecule has 0 saturated heterocycles. The molecule has 0 spiro atoms. The Morgan fingerprint density at radius 3 is 2.35 bits per heavy atom. The van der Waals surface area contributed by atoms with Gasteiger partial charge in [0, 0.05) is 11.5 Å². The van der Waals surface area contributed by atoms with E-state index in [2.05, 4.69) is 47.7 Å². The number of rotatable bonds is 6. The summed E-state index contributed by atoms with van der Waals surface area (Å²) in [5.41, 5.74) is 6.01. The van der Waals surface area contributed by atoms with Crippen LogP contribution in [0.4, 0.5) is 10.6 Å². The molecule has 7 rings (SSSR count). The van der Waals surface area contributed by atoms with Crippen LogP contribution in [0.2, 0.25) is 10.0 Å². The fourth-order valence-electron chi connectivity index (χ4n) is 6.04. The molecule has 2 amide bonds. The molecule has 1 aliphatic carbocycles. The molecule has 1 unspecified atom stereocenters. The van der Waals surface area contributed by atoms with Crippen molar-refractivity contribution in [2.24, 2.45) is 0 Å². The summed E-state index contributed by atoms with van der Waals surface area (Å²) in [6, 6.07) is 26.7. The van der Waals surface area contributed by atoms with Crippen molar-refractivity contribution >= 4 is 40.7 Å². The Kier molecular flexibility index (Phi) is 8.35. The second kappa shape index (κ2) is 12.6. The van der Waals surface area contributed by atoms with Gasteiger partial charge >= 0.3 is 6.03 Å². The molecule has 0 bridgehead atoms. The van der Waals surface area contributed by atoms with Gasteiger partial charge in [-0.3, -0.25) is 9.72 Å². The van der Waals surface area contributed by atoms with Crippen LogP contribution in [0.25, 0.3) is 22.7 Å². The molecule has 3 aromatic heterocycles. The molecule has 2 atom stereocenters. The first-order valence-electron chi connectivity index (χ1n) is 15.8. The molecule has 1 aliphatic rings. The van der Waals surface area contributed by atoms with E-state index in [1.165, 1.54) is 0 Å². The third kappa shape index (κ3) is 6.23. The van der Waals surface area contributed by atoms with Crippen LogP contribution in [0.3, 0.4) is 0 Å². The number of urea groups is 1. The molecule has 0 fully saturated rings. The van der Waals surface area contributed by atoms with E-state index in [4.69, 9.17) is 33.0 Å². The van der Waals surface area contributed by atoms with Crippen molar-refractivity contribution in [2.75, 3.05) is 5.32 Å². The molecule has 6 aromatic rings. The van der Waals surface area contributed by atoms with Gasteiger partial charge in [-0.15, -0.1) is 10.2 Å². The predicted octanol–water partition coefficient (Wildman–Crippen LogP) is 9.27. The van der Waals surface area contributed by atoms with Crippen LogP contribution in [0.1, 0.15) is 68.1 Å². The van der Waals surface area contributed by atoms with Crippen molar-refractivity contribution in [2.45, 2.75) is 58.1 Å². The smallest absolute Gasteiger partial charge is 0.320 e. The first-order valence-corrected chi connectivity index (χ1v) is 16.6. The molecule has 0 aliphatic heterocycles. The normalized spacial score (nSPS) is 16.0. The van der Waals surface area contributed by atoms with Gasteiger partial charge in [0.05, 0.1) is 39.2 Å². The number of carbonyl (C=O) groups excluding carboxylic acids is 1. The minimum Gasteiger partial charge on any atom is -0.484 e. The molecule has 3 heterocycles. The summed E-state index contributed by atoms with van der Waals surface area (Å²) in [6.07, 6.45) is 3.02. The van der Waals surface area contributed by atoms with Crippen LogP contribution < -0.4 is 15.4 Å². The fourth-order valence-corrected chi connectivity index (χ4v) is 6.61. The molecule has 3 aromatic carbocycles. The predicted molar refractivity (Wildman–Crippen MR) is 189 cm³/mol. The van der Waals surface area contributed by atoms with Crippen LogP contribution in [-0.4, -0.2) is 30.4 Å². The number of fused-ring (bicyclic) bond motifs is 2. The zero-order valence-corrected chi connectivity index (χ0v) is 28.5. The van der Waals surface area contributed by atoms with Gasteiger partial charge in [0.15, 0.2) is 11.5 Å². The molecule has 244 valence electrons. The summed E-state index contributed by atoms with van der Waals surface area (Å²) in [5.74, 6) is 1.78. The lowest BCUT2D eigenvalue weighted by atomic mass is 9.85. The maximum Gasteiger partial charge on any atom is 0.320 e. The van der Waals surface area contributed by atoms with Crippen LogP contribution in [-0.2, 0) is 5.41 Å². The van der Waals surface area contributed by atoms with Crippen molar-refractivity contribution in [1.82, 2.24) is 29.7 Å². The number of halogens is 2. The average molecular weight is 681 g/mol. The lowest BCUT2D eigenvalue weighted by Gasteiger charge is -2.32. The van der Waals surface area contributed by atoms with Gasteiger partial charge in [0.1, 0.15) is 17.7 Å². The standard InChI is InChI=1S/C37H35Cl2N7O2/c1-22-12-14-23(15-13-22)46-33(20-31(44-46)37(2,3)4)41-36(47)40-29-17-18-30(26-9-6-5-8-25(26)29)48-24-16-19-32-42-43-35(45(32)21-24)34-27(38)10-7-11-28(34)39/h5-16,19-21,29-30H,17-18H2,1-4H3,(H2,40,41,47)/t29?,30-/m1/s1. The zero-order valence-electron chi connectivity index (χ0n) is 27.0. The minimum atomic E-state index is -0.299. The summed E-state index contributed by atoms with van der Waals surface area (Å²) in [4.78, 5) is 13.5. The van der Waals surface area contributed by atoms with Gasteiger partial charge in [0.2, 0.25) is 0 Å². The van der Waals surface area contributed by atoms with E-state index < -0.39 is 0 Å². The van der Waals surface area contributed by atoms with Gasteiger partial charge in [-0.25, -0.2) is 9.48 Å². The lowest BCUT2D eigenvalue weighted by Crippen LogP contribution is -2.36. The molecule has 2 N–H and O–H groups in total. The number of anilines is 1. The zero-order chi connectivity index (χ0) is 33.6. The second-order valence-corrected chi connectivity index (χ2v) is 13.9. The van der Waals surface area contributed by atoms with Crippen molar-refractivity contribution in [3.8, 4) is 22.8 Å². The Labute approximate surface area is 288 Å². The van der Waals surface area contributed by atoms with E-state index in [0.29, 0.717) is 51.5 Å². The number of amides is 2. The molecular formula is C37H35Cl2N7O2. The van der Waals surface area contributed by atoms with Gasteiger partial charge < -0.3 is 10.1 Å². The second-order valence-electron chi connectivity index (χ2n) is 13.1. The van der Waals surface area contributed by atoms with Gasteiger partial charge in [-0.05, 0) is 67.3 Å². The minimum absolute atomic E-state index is 0.192. The molecule has 11 heteroatoms. The first kappa shape index (κ1) is 31.7. The maximum atomic E-state index is 13.5. The number of pyridine rings is 1. The third-order valence-electron chi connectivity index (χ3n) is 8.58. The highest BCUT2D eigenvalue weighted by Gasteiger charge is 2.30. The molecule has 9 nitrogen and oxygen atoms in total. The van der Waals surface area contributed by atoms with Gasteiger partial charge in [0.25, 0.3) is 0 Å². The van der Waals surface area contributed by atoms with E-state index in [1.807, 2.05) is 78.2 Å². The lowest BCUT2D eigenvalue weighted by molar-refractivity contribution is 0.171. The van der Waals surface area contributed by atoms with Crippen LogP contribution in [0, 0.1) is 6.92 Å². The van der Waals surface area contributed by atoms with Crippen molar-refractivity contribution in [3.05, 3.63) is 124 Å². The summed E-state index contributed by atoms with van der Waals surface area (Å²) < 4.78 is 10.2. The maximum absolute atomic E-state index is 13.5. The van der Waals surface area contributed by atoms with E-state index in [0.717, 1.165) is 28.1 Å². The van der Waals surface area contributed by atoms with Crippen molar-refractivity contribution in [3.63, 3.8) is 0 Å². The summed E-state index contributed by atoms with van der Waals surface area (Å²) in [6.45, 7) is 8.36. The molecule has 0 radical (unpaired) electrons. The monoisotopic (exact) mass is 679 g/mol. The van der Waals surface area contributed by atoms with Crippen molar-refractivity contribution in [1.29, 1.82) is 0 Å². The van der Waals surface area contributed by atoms with E-state index in [-0.39, 0.29) is 23.6 Å². The summed E-state index contributed by atoms with van der Waals surface area (Å²) in [7, 11) is 0. The number of aromatic nitrogens is 5. The summed E-state index contributed by atoms with van der Waals surface area (Å²) in [5, 5.41) is 20.8. The number of benzene rings is 3. The highest BCUT2D eigenvalue weighted by Crippen LogP contribution is 2.40. The molecule has 48 heavy (non-hydrogen) atoms. The van der Waals surface area contributed by atoms with Crippen LogP contribution in [0.5, 0.6) is 5.75 Å². The SMILES string of the molecule is Cc1ccc(-n2nc(C(C)(C)C)cc2NC(=O)NC2CC[C@@H](Oc3ccc4nnc(-c5c(Cl)cccc5Cl)n4c3)c3ccccc32)cc1. The Bertz CT molecular complexity index is 2110. The summed E-state index contributed by atoms with van der Waals surface area (Å²) >= 11 is 13.0. The highest BCUT2D eigenvalue weighted by molar-refractivity contribution is 6.39. The van der Waals surface area contributed by atoms with E-state index in [1.54, 1.807) is 22.9 Å². The van der Waals surface area contributed by atoms with Crippen LogP contribution >= 0.6 is 23.2 Å². The average Bonchev–Trinajstić information content (AvgIpc) is 3.67. The van der Waals surface area contributed by atoms with E-state index >= 15 is 0 Å².